The first-order chi connectivity index (χ1) is 14.4. The molecular weight excluding hydrogens is 412 g/mol. The van der Waals surface area contributed by atoms with Gasteiger partial charge in [-0.05, 0) is 71.1 Å². The van der Waals surface area contributed by atoms with Crippen LogP contribution in [0.25, 0.3) is 0 Å². The summed E-state index contributed by atoms with van der Waals surface area (Å²) in [6.07, 6.45) is 1.42. The average Bonchev–Trinajstić information content (AvgIpc) is 2.69. The second kappa shape index (κ2) is 10.6. The van der Waals surface area contributed by atoms with E-state index in [9.17, 15) is 9.59 Å². The molecule has 174 valence electrons. The number of likely N-dealkylation sites (tertiary alicyclic amines) is 1. The molecule has 1 heterocycles. The zero-order chi connectivity index (χ0) is 23.2. The van der Waals surface area contributed by atoms with Crippen molar-refractivity contribution in [1.82, 2.24) is 10.2 Å². The van der Waals surface area contributed by atoms with Gasteiger partial charge in [-0.1, -0.05) is 19.1 Å². The SMILES string of the molecule is COc1ccc(CSC(C)(C)C(NC(=O)OC(C)(C)C)C(=O)N2CCC(C)CC2)cc1. The fourth-order valence-electron chi connectivity index (χ4n) is 3.44. The minimum absolute atomic E-state index is 0.0370. The van der Waals surface area contributed by atoms with Crippen molar-refractivity contribution in [2.24, 2.45) is 5.92 Å². The predicted molar refractivity (Wildman–Crippen MR) is 127 cm³/mol. The Balaban J connectivity index is 2.15. The maximum absolute atomic E-state index is 13.5. The number of methoxy groups -OCH3 is 1. The summed E-state index contributed by atoms with van der Waals surface area (Å²) in [7, 11) is 1.65. The Morgan fingerprint density at radius 3 is 2.23 bits per heavy atom. The molecule has 1 aromatic rings. The first-order valence-corrected chi connectivity index (χ1v) is 11.9. The monoisotopic (exact) mass is 450 g/mol. The lowest BCUT2D eigenvalue weighted by Crippen LogP contribution is -2.59. The lowest BCUT2D eigenvalue weighted by Gasteiger charge is -2.39. The van der Waals surface area contributed by atoms with Crippen LogP contribution in [0.5, 0.6) is 5.75 Å². The highest BCUT2D eigenvalue weighted by molar-refractivity contribution is 7.99. The Kier molecular flexibility index (Phi) is 8.69. The molecule has 2 rings (SSSR count). The fraction of sp³-hybridized carbons (Fsp3) is 0.667. The van der Waals surface area contributed by atoms with Gasteiger partial charge in [0, 0.05) is 23.6 Å². The number of nitrogens with zero attached hydrogens (tertiary/aromatic N) is 1. The highest BCUT2D eigenvalue weighted by Gasteiger charge is 2.40. The van der Waals surface area contributed by atoms with E-state index in [-0.39, 0.29) is 5.91 Å². The van der Waals surface area contributed by atoms with Crippen LogP contribution in [0.2, 0.25) is 0 Å². The van der Waals surface area contributed by atoms with E-state index >= 15 is 0 Å². The van der Waals surface area contributed by atoms with Crippen LogP contribution in [0.1, 0.15) is 59.9 Å². The van der Waals surface area contributed by atoms with Crippen LogP contribution in [-0.4, -0.2) is 53.5 Å². The number of hydrogen-bond acceptors (Lipinski definition) is 5. The number of piperidine rings is 1. The van der Waals surface area contributed by atoms with Crippen LogP contribution in [0.4, 0.5) is 4.79 Å². The topological polar surface area (TPSA) is 67.9 Å². The number of ether oxygens (including phenoxy) is 2. The number of hydrogen-bond donors (Lipinski definition) is 1. The lowest BCUT2D eigenvalue weighted by atomic mass is 9.96. The molecule has 1 fully saturated rings. The third kappa shape index (κ3) is 7.95. The van der Waals surface area contributed by atoms with Crippen molar-refractivity contribution >= 4 is 23.8 Å². The van der Waals surface area contributed by atoms with Gasteiger partial charge in [-0.3, -0.25) is 4.79 Å². The lowest BCUT2D eigenvalue weighted by molar-refractivity contribution is -0.135. The van der Waals surface area contributed by atoms with Crippen LogP contribution in [0.3, 0.4) is 0 Å². The molecular formula is C24H38N2O4S. The number of rotatable bonds is 7. The maximum Gasteiger partial charge on any atom is 0.408 e. The van der Waals surface area contributed by atoms with Crippen LogP contribution in [0, 0.1) is 5.92 Å². The Hall–Kier alpha value is -1.89. The molecule has 31 heavy (non-hydrogen) atoms. The summed E-state index contributed by atoms with van der Waals surface area (Å²) in [5.41, 5.74) is 0.507. The van der Waals surface area contributed by atoms with Gasteiger partial charge in [0.15, 0.2) is 0 Å². The normalized spacial score (nSPS) is 16.5. The van der Waals surface area contributed by atoms with E-state index in [2.05, 4.69) is 12.2 Å². The molecule has 0 radical (unpaired) electrons. The molecule has 1 aliphatic heterocycles. The predicted octanol–water partition coefficient (Wildman–Crippen LogP) is 4.86. The van der Waals surface area contributed by atoms with Gasteiger partial charge in [-0.25, -0.2) is 4.79 Å². The molecule has 0 saturated carbocycles. The van der Waals surface area contributed by atoms with Gasteiger partial charge in [0.1, 0.15) is 17.4 Å². The van der Waals surface area contributed by atoms with Crippen molar-refractivity contribution in [3.8, 4) is 5.75 Å². The van der Waals surface area contributed by atoms with E-state index in [4.69, 9.17) is 9.47 Å². The fourth-order valence-corrected chi connectivity index (χ4v) is 4.50. The Labute approximate surface area is 191 Å². The van der Waals surface area contributed by atoms with E-state index in [1.165, 1.54) is 0 Å². The van der Waals surface area contributed by atoms with Crippen molar-refractivity contribution in [3.63, 3.8) is 0 Å². The second-order valence-corrected chi connectivity index (χ2v) is 11.5. The molecule has 0 spiro atoms. The van der Waals surface area contributed by atoms with Gasteiger partial charge in [-0.2, -0.15) is 0 Å². The van der Waals surface area contributed by atoms with E-state index in [1.54, 1.807) is 18.9 Å². The summed E-state index contributed by atoms with van der Waals surface area (Å²) in [6, 6.07) is 7.22. The van der Waals surface area contributed by atoms with Gasteiger partial charge in [0.25, 0.3) is 0 Å². The van der Waals surface area contributed by atoms with E-state index in [1.807, 2.05) is 63.8 Å². The van der Waals surface area contributed by atoms with E-state index in [0.29, 0.717) is 11.7 Å². The molecule has 1 aliphatic rings. The third-order valence-corrected chi connectivity index (χ3v) is 6.93. The second-order valence-electron chi connectivity index (χ2n) is 9.83. The number of carbonyl (C=O) groups is 2. The quantitative estimate of drug-likeness (QED) is 0.643. The number of carbonyl (C=O) groups excluding carboxylic acids is 2. The summed E-state index contributed by atoms with van der Waals surface area (Å²) in [4.78, 5) is 27.9. The smallest absolute Gasteiger partial charge is 0.408 e. The molecule has 0 aliphatic carbocycles. The largest absolute Gasteiger partial charge is 0.497 e. The van der Waals surface area contributed by atoms with Crippen molar-refractivity contribution in [3.05, 3.63) is 29.8 Å². The summed E-state index contributed by atoms with van der Waals surface area (Å²) in [5.74, 6) is 2.11. The first kappa shape index (κ1) is 25.4. The van der Waals surface area contributed by atoms with Crippen LogP contribution >= 0.6 is 11.8 Å². The Bertz CT molecular complexity index is 735. The number of nitrogens with one attached hydrogen (secondary N) is 1. The van der Waals surface area contributed by atoms with Crippen molar-refractivity contribution in [2.75, 3.05) is 20.2 Å². The molecule has 1 N–H and O–H groups in total. The number of benzene rings is 1. The van der Waals surface area contributed by atoms with Crippen molar-refractivity contribution in [2.45, 2.75) is 76.5 Å². The van der Waals surface area contributed by atoms with E-state index in [0.717, 1.165) is 37.2 Å². The molecule has 1 unspecified atom stereocenters. The number of amides is 2. The zero-order valence-corrected chi connectivity index (χ0v) is 20.8. The molecule has 0 bridgehead atoms. The van der Waals surface area contributed by atoms with Crippen LogP contribution < -0.4 is 10.1 Å². The molecule has 6 nitrogen and oxygen atoms in total. The van der Waals surface area contributed by atoms with Crippen LogP contribution in [-0.2, 0) is 15.3 Å². The molecule has 1 atom stereocenters. The standard InChI is InChI=1S/C24H38N2O4S/c1-17-12-14-26(15-13-17)21(27)20(25-22(28)30-23(2,3)4)24(5,6)31-16-18-8-10-19(29-7)11-9-18/h8-11,17,20H,12-16H2,1-7H3,(H,25,28). The highest BCUT2D eigenvalue weighted by Crippen LogP contribution is 2.33. The minimum Gasteiger partial charge on any atom is -0.497 e. The molecule has 7 heteroatoms. The number of thioether (sulfide) groups is 1. The summed E-state index contributed by atoms with van der Waals surface area (Å²) >= 11 is 1.65. The molecule has 2 amide bonds. The van der Waals surface area contributed by atoms with Gasteiger partial charge in [0.2, 0.25) is 5.91 Å². The first-order valence-electron chi connectivity index (χ1n) is 11.0. The summed E-state index contributed by atoms with van der Waals surface area (Å²) in [6.45, 7) is 13.1. The van der Waals surface area contributed by atoms with Gasteiger partial charge < -0.3 is 19.7 Å². The van der Waals surface area contributed by atoms with Gasteiger partial charge >= 0.3 is 6.09 Å². The molecule has 1 aromatic carbocycles. The number of alkyl carbamates (subject to hydrolysis) is 1. The van der Waals surface area contributed by atoms with Crippen LogP contribution in [0.15, 0.2) is 24.3 Å². The summed E-state index contributed by atoms with van der Waals surface area (Å²) < 4.78 is 10.2. The zero-order valence-electron chi connectivity index (χ0n) is 20.0. The average molecular weight is 451 g/mol. The summed E-state index contributed by atoms with van der Waals surface area (Å²) in [5, 5.41) is 2.88. The third-order valence-electron chi connectivity index (χ3n) is 5.47. The van der Waals surface area contributed by atoms with Gasteiger partial charge in [-0.15, -0.1) is 11.8 Å². The molecule has 1 saturated heterocycles. The van der Waals surface area contributed by atoms with Crippen molar-refractivity contribution < 1.29 is 19.1 Å². The van der Waals surface area contributed by atoms with Gasteiger partial charge in [0.05, 0.1) is 7.11 Å². The minimum atomic E-state index is -0.681. The maximum atomic E-state index is 13.5. The molecule has 0 aromatic heterocycles. The Morgan fingerprint density at radius 2 is 1.71 bits per heavy atom. The van der Waals surface area contributed by atoms with Crippen molar-refractivity contribution in [1.29, 1.82) is 0 Å². The highest BCUT2D eigenvalue weighted by atomic mass is 32.2. The Morgan fingerprint density at radius 1 is 1.13 bits per heavy atom. The van der Waals surface area contributed by atoms with E-state index < -0.39 is 22.5 Å².